The van der Waals surface area contributed by atoms with Crippen molar-refractivity contribution in [2.75, 3.05) is 5.73 Å². The standard InChI is InChI=1S/C11H9FN4O3S/c12-7-3-1-6(2-4-7)5-19-15-8(10(17)18)9-14-11(13)20-16-9/h1-4H,5H2,(H,17,18)(H2,13,14,16). The number of benzene rings is 1. The highest BCUT2D eigenvalue weighted by Crippen LogP contribution is 2.08. The first-order valence-electron chi connectivity index (χ1n) is 5.33. The Balaban J connectivity index is 2.07. The molecule has 0 aliphatic carbocycles. The van der Waals surface area contributed by atoms with E-state index in [9.17, 15) is 9.18 Å². The summed E-state index contributed by atoms with van der Waals surface area (Å²) in [5.74, 6) is -1.81. The van der Waals surface area contributed by atoms with Crippen molar-refractivity contribution in [3.63, 3.8) is 0 Å². The second-order valence-corrected chi connectivity index (χ2v) is 4.38. The fraction of sp³-hybridized carbons (Fsp3) is 0.0909. The molecule has 0 fully saturated rings. The van der Waals surface area contributed by atoms with Crippen molar-refractivity contribution in [1.82, 2.24) is 9.36 Å². The summed E-state index contributed by atoms with van der Waals surface area (Å²) in [6.07, 6.45) is 0. The Labute approximate surface area is 116 Å². The Morgan fingerprint density at radius 2 is 2.15 bits per heavy atom. The Morgan fingerprint density at radius 1 is 1.45 bits per heavy atom. The third-order valence-corrected chi connectivity index (χ3v) is 2.70. The molecule has 0 bridgehead atoms. The minimum absolute atomic E-state index is 0.00329. The van der Waals surface area contributed by atoms with E-state index in [1.54, 1.807) is 0 Å². The number of nitrogens with zero attached hydrogens (tertiary/aromatic N) is 3. The lowest BCUT2D eigenvalue weighted by atomic mass is 10.2. The van der Waals surface area contributed by atoms with E-state index in [1.165, 1.54) is 24.3 Å². The number of carboxylic acid groups (broad SMARTS) is 1. The van der Waals surface area contributed by atoms with E-state index in [0.717, 1.165) is 11.5 Å². The van der Waals surface area contributed by atoms with E-state index in [-0.39, 0.29) is 23.4 Å². The Hall–Kier alpha value is -2.55. The molecule has 0 radical (unpaired) electrons. The van der Waals surface area contributed by atoms with Crippen molar-refractivity contribution < 1.29 is 19.1 Å². The summed E-state index contributed by atoms with van der Waals surface area (Å²) in [6, 6.07) is 5.54. The number of nitrogen functional groups attached to an aromatic ring is 1. The quantitative estimate of drug-likeness (QED) is 0.635. The zero-order valence-electron chi connectivity index (χ0n) is 9.99. The van der Waals surface area contributed by atoms with Crippen LogP contribution in [0.1, 0.15) is 11.4 Å². The van der Waals surface area contributed by atoms with Crippen LogP contribution in [-0.4, -0.2) is 26.1 Å². The number of rotatable bonds is 5. The van der Waals surface area contributed by atoms with Crippen LogP contribution in [0.4, 0.5) is 9.52 Å². The van der Waals surface area contributed by atoms with E-state index in [4.69, 9.17) is 15.7 Å². The molecular weight excluding hydrogens is 287 g/mol. The Morgan fingerprint density at radius 3 is 2.70 bits per heavy atom. The fourth-order valence-electron chi connectivity index (χ4n) is 1.26. The molecule has 0 amide bonds. The largest absolute Gasteiger partial charge is 0.476 e. The molecule has 1 aromatic heterocycles. The lowest BCUT2D eigenvalue weighted by molar-refractivity contribution is -0.129. The van der Waals surface area contributed by atoms with Crippen LogP contribution in [0.2, 0.25) is 0 Å². The van der Waals surface area contributed by atoms with Crippen LogP contribution in [0.25, 0.3) is 0 Å². The molecule has 0 unspecified atom stereocenters. The molecule has 0 spiro atoms. The molecule has 2 rings (SSSR count). The van der Waals surface area contributed by atoms with Gasteiger partial charge in [-0.1, -0.05) is 17.3 Å². The van der Waals surface area contributed by atoms with E-state index in [0.29, 0.717) is 5.56 Å². The molecule has 0 saturated heterocycles. The number of nitrogens with two attached hydrogens (primary N) is 1. The summed E-state index contributed by atoms with van der Waals surface area (Å²) in [4.78, 5) is 19.6. The smallest absolute Gasteiger partial charge is 0.362 e. The van der Waals surface area contributed by atoms with Crippen LogP contribution >= 0.6 is 11.5 Å². The molecule has 3 N–H and O–H groups in total. The molecule has 2 aromatic rings. The number of aromatic nitrogens is 2. The van der Waals surface area contributed by atoms with E-state index in [1.807, 2.05) is 0 Å². The van der Waals surface area contributed by atoms with Crippen molar-refractivity contribution in [2.24, 2.45) is 5.16 Å². The summed E-state index contributed by atoms with van der Waals surface area (Å²) in [7, 11) is 0. The summed E-state index contributed by atoms with van der Waals surface area (Å²) in [6.45, 7) is -0.00329. The van der Waals surface area contributed by atoms with E-state index >= 15 is 0 Å². The Kier molecular flexibility index (Phi) is 4.20. The third-order valence-electron chi connectivity index (χ3n) is 2.16. The lowest BCUT2D eigenvalue weighted by Gasteiger charge is -2.01. The normalized spacial score (nSPS) is 11.3. The van der Waals surface area contributed by atoms with Gasteiger partial charge in [-0.25, -0.2) is 9.18 Å². The van der Waals surface area contributed by atoms with Gasteiger partial charge in [-0.3, -0.25) is 0 Å². The zero-order valence-corrected chi connectivity index (χ0v) is 10.8. The number of hydrogen-bond acceptors (Lipinski definition) is 7. The SMILES string of the molecule is Nc1nc(C(=NOCc2ccc(F)cc2)C(=O)O)ns1. The Bertz CT molecular complexity index is 641. The maximum absolute atomic E-state index is 12.7. The monoisotopic (exact) mass is 296 g/mol. The number of oxime groups is 1. The molecule has 20 heavy (non-hydrogen) atoms. The fourth-order valence-corrected chi connectivity index (χ4v) is 1.69. The van der Waals surface area contributed by atoms with Gasteiger partial charge in [0.05, 0.1) is 0 Å². The molecule has 104 valence electrons. The summed E-state index contributed by atoms with van der Waals surface area (Å²) in [5.41, 5.74) is 5.57. The van der Waals surface area contributed by atoms with Gasteiger partial charge in [0.2, 0.25) is 11.5 Å². The van der Waals surface area contributed by atoms with Crippen LogP contribution < -0.4 is 5.73 Å². The molecule has 7 nitrogen and oxygen atoms in total. The van der Waals surface area contributed by atoms with Crippen molar-refractivity contribution in [1.29, 1.82) is 0 Å². The van der Waals surface area contributed by atoms with Crippen molar-refractivity contribution in [2.45, 2.75) is 6.61 Å². The maximum Gasteiger partial charge on any atom is 0.362 e. The lowest BCUT2D eigenvalue weighted by Crippen LogP contribution is -2.16. The average molecular weight is 296 g/mol. The van der Waals surface area contributed by atoms with E-state index in [2.05, 4.69) is 14.5 Å². The van der Waals surface area contributed by atoms with Gasteiger partial charge in [-0.15, -0.1) is 0 Å². The molecule has 0 aliphatic heterocycles. The van der Waals surface area contributed by atoms with Crippen molar-refractivity contribution >= 4 is 28.3 Å². The van der Waals surface area contributed by atoms with Crippen LogP contribution in [-0.2, 0) is 16.2 Å². The topological polar surface area (TPSA) is 111 Å². The predicted molar refractivity (Wildman–Crippen MR) is 69.7 cm³/mol. The second-order valence-electron chi connectivity index (χ2n) is 3.60. The minimum atomic E-state index is -1.33. The van der Waals surface area contributed by atoms with Crippen LogP contribution in [0.3, 0.4) is 0 Å². The van der Waals surface area contributed by atoms with Gasteiger partial charge in [0, 0.05) is 11.5 Å². The third kappa shape index (κ3) is 3.48. The number of hydrogen-bond donors (Lipinski definition) is 2. The average Bonchev–Trinajstić information content (AvgIpc) is 2.82. The molecule has 1 aromatic carbocycles. The van der Waals surface area contributed by atoms with Gasteiger partial charge in [0.1, 0.15) is 12.4 Å². The number of halogens is 1. The highest BCUT2D eigenvalue weighted by atomic mass is 32.1. The van der Waals surface area contributed by atoms with Gasteiger partial charge in [-0.2, -0.15) is 9.36 Å². The maximum atomic E-state index is 12.7. The van der Waals surface area contributed by atoms with Gasteiger partial charge in [0.15, 0.2) is 5.13 Å². The molecule has 9 heteroatoms. The van der Waals surface area contributed by atoms with Crippen LogP contribution in [0.5, 0.6) is 0 Å². The highest BCUT2D eigenvalue weighted by molar-refractivity contribution is 7.09. The minimum Gasteiger partial charge on any atom is -0.476 e. The van der Waals surface area contributed by atoms with Gasteiger partial charge < -0.3 is 15.7 Å². The molecular formula is C11H9FN4O3S. The molecule has 0 aliphatic rings. The molecule has 0 saturated carbocycles. The van der Waals surface area contributed by atoms with Gasteiger partial charge >= 0.3 is 5.97 Å². The number of carbonyl (C=O) groups is 1. The number of aliphatic carboxylic acids is 1. The highest BCUT2D eigenvalue weighted by Gasteiger charge is 2.18. The number of carboxylic acids is 1. The van der Waals surface area contributed by atoms with E-state index < -0.39 is 11.7 Å². The first-order valence-corrected chi connectivity index (χ1v) is 6.11. The van der Waals surface area contributed by atoms with Crippen molar-refractivity contribution in [3.05, 3.63) is 41.5 Å². The second kappa shape index (κ2) is 6.06. The summed E-state index contributed by atoms with van der Waals surface area (Å²) in [5, 5.41) is 12.6. The van der Waals surface area contributed by atoms with Gasteiger partial charge in [-0.05, 0) is 17.7 Å². The summed E-state index contributed by atoms with van der Waals surface area (Å²) >= 11 is 0.857. The molecule has 1 heterocycles. The van der Waals surface area contributed by atoms with Crippen LogP contribution in [0, 0.1) is 5.82 Å². The van der Waals surface area contributed by atoms with Crippen molar-refractivity contribution in [3.8, 4) is 0 Å². The first-order chi connectivity index (χ1) is 9.56. The summed E-state index contributed by atoms with van der Waals surface area (Å²) < 4.78 is 16.4. The zero-order chi connectivity index (χ0) is 14.5. The first kappa shape index (κ1) is 13.9. The number of anilines is 1. The van der Waals surface area contributed by atoms with Gasteiger partial charge in [0.25, 0.3) is 0 Å². The predicted octanol–water partition coefficient (Wildman–Crippen LogP) is 1.26. The molecule has 0 atom stereocenters. The van der Waals surface area contributed by atoms with Crippen LogP contribution in [0.15, 0.2) is 29.4 Å².